The highest BCUT2D eigenvalue weighted by Gasteiger charge is 2.07. The average Bonchev–Trinajstić information content (AvgIpc) is 2.36. The van der Waals surface area contributed by atoms with Crippen molar-refractivity contribution in [1.82, 2.24) is 0 Å². The second-order valence-electron chi connectivity index (χ2n) is 3.49. The Morgan fingerprint density at radius 3 is 2.44 bits per heavy atom. The molecule has 0 amide bonds. The first-order valence-corrected chi connectivity index (χ1v) is 5.73. The molecule has 2 aromatic carbocycles. The molecule has 0 N–H and O–H groups in total. The maximum atomic E-state index is 13.6. The molecule has 18 heavy (non-hydrogen) atoms. The molecule has 0 atom stereocenters. The van der Waals surface area contributed by atoms with Gasteiger partial charge in [-0.15, -0.1) is 0 Å². The van der Waals surface area contributed by atoms with Gasteiger partial charge in [0.25, 0.3) is 0 Å². The molecule has 0 heterocycles. The van der Waals surface area contributed by atoms with Crippen molar-refractivity contribution >= 4 is 29.5 Å². The second-order valence-corrected chi connectivity index (χ2v) is 4.30. The first-order chi connectivity index (χ1) is 8.60. The van der Waals surface area contributed by atoms with Crippen molar-refractivity contribution in [3.05, 3.63) is 57.8 Å². The van der Waals surface area contributed by atoms with Crippen molar-refractivity contribution in [2.75, 3.05) is 0 Å². The quantitative estimate of drug-likeness (QED) is 0.761. The van der Waals surface area contributed by atoms with Gasteiger partial charge in [0.15, 0.2) is 11.6 Å². The van der Waals surface area contributed by atoms with Crippen molar-refractivity contribution in [1.29, 1.82) is 0 Å². The van der Waals surface area contributed by atoms with E-state index in [1.54, 1.807) is 12.1 Å². The van der Waals surface area contributed by atoms with E-state index < -0.39 is 5.82 Å². The summed E-state index contributed by atoms with van der Waals surface area (Å²) in [4.78, 5) is 10.5. The Morgan fingerprint density at radius 2 is 1.83 bits per heavy atom. The van der Waals surface area contributed by atoms with Gasteiger partial charge < -0.3 is 4.74 Å². The number of hydrogen-bond donors (Lipinski definition) is 0. The van der Waals surface area contributed by atoms with Crippen molar-refractivity contribution in [3.63, 3.8) is 0 Å². The number of ether oxygens (including phenoxy) is 1. The Hall–Kier alpha value is -1.58. The number of aldehydes is 1. The van der Waals surface area contributed by atoms with E-state index in [4.69, 9.17) is 27.9 Å². The molecule has 0 aliphatic carbocycles. The van der Waals surface area contributed by atoms with E-state index in [1.807, 2.05) is 0 Å². The molecule has 0 bridgehead atoms. The number of rotatable bonds is 3. The van der Waals surface area contributed by atoms with E-state index in [2.05, 4.69) is 0 Å². The van der Waals surface area contributed by atoms with Crippen LogP contribution in [0.25, 0.3) is 0 Å². The van der Waals surface area contributed by atoms with Crippen LogP contribution in [0.4, 0.5) is 4.39 Å². The SMILES string of the molecule is O=Cc1ccc(Oc2ccc(Cl)c(Cl)c2)c(F)c1. The van der Waals surface area contributed by atoms with Crippen LogP contribution in [0, 0.1) is 5.82 Å². The molecule has 0 aromatic heterocycles. The van der Waals surface area contributed by atoms with E-state index in [9.17, 15) is 9.18 Å². The summed E-state index contributed by atoms with van der Waals surface area (Å²) < 4.78 is 18.9. The molecular formula is C13H7Cl2FO2. The third kappa shape index (κ3) is 2.81. The lowest BCUT2D eigenvalue weighted by atomic mass is 10.2. The highest BCUT2D eigenvalue weighted by Crippen LogP contribution is 2.30. The van der Waals surface area contributed by atoms with Gasteiger partial charge in [-0.1, -0.05) is 23.2 Å². The average molecular weight is 285 g/mol. The van der Waals surface area contributed by atoms with Gasteiger partial charge in [-0.25, -0.2) is 4.39 Å². The van der Waals surface area contributed by atoms with E-state index >= 15 is 0 Å². The summed E-state index contributed by atoms with van der Waals surface area (Å²) in [7, 11) is 0. The van der Waals surface area contributed by atoms with Crippen molar-refractivity contribution in [2.24, 2.45) is 0 Å². The van der Waals surface area contributed by atoms with E-state index in [1.165, 1.54) is 18.2 Å². The summed E-state index contributed by atoms with van der Waals surface area (Å²) in [6, 6.07) is 8.54. The minimum atomic E-state index is -0.620. The Balaban J connectivity index is 2.28. The fourth-order valence-electron chi connectivity index (χ4n) is 1.34. The van der Waals surface area contributed by atoms with Gasteiger partial charge >= 0.3 is 0 Å². The molecule has 0 unspecified atom stereocenters. The molecule has 0 fully saturated rings. The van der Waals surface area contributed by atoms with Crippen LogP contribution in [-0.4, -0.2) is 6.29 Å². The molecular weight excluding hydrogens is 278 g/mol. The zero-order valence-corrected chi connectivity index (χ0v) is 10.5. The summed E-state index contributed by atoms with van der Waals surface area (Å²) in [6.07, 6.45) is 0.562. The number of benzene rings is 2. The van der Waals surface area contributed by atoms with Gasteiger partial charge in [0.05, 0.1) is 10.0 Å². The van der Waals surface area contributed by atoms with Crippen LogP contribution in [-0.2, 0) is 0 Å². The summed E-state index contributed by atoms with van der Waals surface area (Å²) in [5.74, 6) is -0.244. The zero-order valence-electron chi connectivity index (χ0n) is 8.99. The summed E-state index contributed by atoms with van der Waals surface area (Å²) in [6.45, 7) is 0. The van der Waals surface area contributed by atoms with Crippen molar-refractivity contribution in [2.45, 2.75) is 0 Å². The first kappa shape index (κ1) is 12.9. The number of carbonyl (C=O) groups excluding carboxylic acids is 1. The molecule has 0 radical (unpaired) electrons. The topological polar surface area (TPSA) is 26.3 Å². The minimum Gasteiger partial charge on any atom is -0.454 e. The smallest absolute Gasteiger partial charge is 0.166 e. The van der Waals surface area contributed by atoms with Crippen LogP contribution in [0.1, 0.15) is 10.4 Å². The fraction of sp³-hybridized carbons (Fsp3) is 0. The Kier molecular flexibility index (Phi) is 3.84. The lowest BCUT2D eigenvalue weighted by molar-refractivity contribution is 0.112. The van der Waals surface area contributed by atoms with Gasteiger partial charge in [0.1, 0.15) is 12.0 Å². The molecule has 2 nitrogen and oxygen atoms in total. The van der Waals surface area contributed by atoms with Crippen LogP contribution >= 0.6 is 23.2 Å². The minimum absolute atomic E-state index is 0.0130. The molecule has 2 aromatic rings. The van der Waals surface area contributed by atoms with Crippen LogP contribution in [0.2, 0.25) is 10.0 Å². The van der Waals surface area contributed by atoms with Crippen LogP contribution in [0.5, 0.6) is 11.5 Å². The molecule has 0 saturated heterocycles. The molecule has 0 aliphatic rings. The number of halogens is 3. The van der Waals surface area contributed by atoms with E-state index in [0.29, 0.717) is 22.1 Å². The number of hydrogen-bond acceptors (Lipinski definition) is 2. The van der Waals surface area contributed by atoms with Gasteiger partial charge in [-0.2, -0.15) is 0 Å². The number of carbonyl (C=O) groups is 1. The Morgan fingerprint density at radius 1 is 1.06 bits per heavy atom. The molecule has 0 aliphatic heterocycles. The largest absolute Gasteiger partial charge is 0.454 e. The predicted octanol–water partition coefficient (Wildman–Crippen LogP) is 4.74. The van der Waals surface area contributed by atoms with Crippen LogP contribution < -0.4 is 4.74 Å². The normalized spacial score (nSPS) is 10.2. The highest BCUT2D eigenvalue weighted by molar-refractivity contribution is 6.42. The van der Waals surface area contributed by atoms with Gasteiger partial charge in [0, 0.05) is 11.6 Å². The maximum absolute atomic E-state index is 13.6. The maximum Gasteiger partial charge on any atom is 0.166 e. The van der Waals surface area contributed by atoms with Gasteiger partial charge in [-0.3, -0.25) is 4.79 Å². The first-order valence-electron chi connectivity index (χ1n) is 4.98. The third-order valence-corrected chi connectivity index (χ3v) is 2.95. The van der Waals surface area contributed by atoms with Crippen molar-refractivity contribution in [3.8, 4) is 11.5 Å². The molecule has 2 rings (SSSR count). The van der Waals surface area contributed by atoms with Gasteiger partial charge in [0.2, 0.25) is 0 Å². The second kappa shape index (κ2) is 5.38. The van der Waals surface area contributed by atoms with Crippen LogP contribution in [0.15, 0.2) is 36.4 Å². The summed E-state index contributed by atoms with van der Waals surface area (Å²) >= 11 is 11.6. The predicted molar refractivity (Wildman–Crippen MR) is 68.3 cm³/mol. The van der Waals surface area contributed by atoms with E-state index in [0.717, 1.165) is 6.07 Å². The molecule has 0 saturated carbocycles. The lowest BCUT2D eigenvalue weighted by Gasteiger charge is -2.07. The summed E-state index contributed by atoms with van der Waals surface area (Å²) in [5, 5.41) is 0.708. The molecule has 92 valence electrons. The zero-order chi connectivity index (χ0) is 13.1. The van der Waals surface area contributed by atoms with E-state index in [-0.39, 0.29) is 11.3 Å². The molecule has 0 spiro atoms. The van der Waals surface area contributed by atoms with Crippen LogP contribution in [0.3, 0.4) is 0 Å². The lowest BCUT2D eigenvalue weighted by Crippen LogP contribution is -1.90. The Labute approximate surface area is 113 Å². The highest BCUT2D eigenvalue weighted by atomic mass is 35.5. The fourth-order valence-corrected chi connectivity index (χ4v) is 1.63. The molecule has 5 heteroatoms. The standard InChI is InChI=1S/C13H7Cl2FO2/c14-10-3-2-9(6-11(10)15)18-13-4-1-8(7-17)5-12(13)16/h1-7H. The third-order valence-electron chi connectivity index (χ3n) is 2.21. The van der Waals surface area contributed by atoms with Crippen molar-refractivity contribution < 1.29 is 13.9 Å². The summed E-state index contributed by atoms with van der Waals surface area (Å²) in [5.41, 5.74) is 0.244. The van der Waals surface area contributed by atoms with Gasteiger partial charge in [-0.05, 0) is 30.3 Å². The monoisotopic (exact) mass is 284 g/mol. The Bertz CT molecular complexity index is 600.